The number of aryl methyl sites for hydroxylation is 1. The molecule has 0 aliphatic rings. The highest BCUT2D eigenvalue weighted by molar-refractivity contribution is 7.09. The van der Waals surface area contributed by atoms with Crippen LogP contribution in [0, 0.1) is 6.92 Å². The number of nitrogens with zero attached hydrogens (tertiary/aromatic N) is 1. The van der Waals surface area contributed by atoms with Gasteiger partial charge in [-0.2, -0.15) is 13.2 Å². The van der Waals surface area contributed by atoms with Crippen LogP contribution in [0.15, 0.2) is 5.38 Å². The molecule has 1 aromatic heterocycles. The average Bonchev–Trinajstić information content (AvgIpc) is 2.62. The quantitative estimate of drug-likeness (QED) is 0.865. The van der Waals surface area contributed by atoms with E-state index in [1.165, 1.54) is 11.3 Å². The number of nitrogens with one attached hydrogen (secondary N) is 2. The van der Waals surface area contributed by atoms with Gasteiger partial charge in [-0.05, 0) is 13.8 Å². The number of aromatic nitrogens is 1. The summed E-state index contributed by atoms with van der Waals surface area (Å²) in [5, 5.41) is 7.19. The summed E-state index contributed by atoms with van der Waals surface area (Å²) in [6.07, 6.45) is -4.31. The second-order valence-corrected chi connectivity index (χ2v) is 4.72. The summed E-state index contributed by atoms with van der Waals surface area (Å²) < 4.78 is 35.5. The molecule has 1 amide bonds. The molecule has 0 bridgehead atoms. The van der Waals surface area contributed by atoms with Crippen LogP contribution in [0.1, 0.15) is 23.7 Å². The Kier molecular flexibility index (Phi) is 5.09. The number of hydrogen-bond donors (Lipinski definition) is 2. The van der Waals surface area contributed by atoms with Crippen LogP contribution in [0.2, 0.25) is 0 Å². The fourth-order valence-corrected chi connectivity index (χ4v) is 2.05. The molecule has 4 nitrogen and oxygen atoms in total. The normalized spacial score (nSPS) is 13.4. The van der Waals surface area contributed by atoms with Gasteiger partial charge in [0.25, 0.3) is 0 Å². The van der Waals surface area contributed by atoms with Crippen LogP contribution in [-0.4, -0.2) is 30.2 Å². The molecule has 2 N–H and O–H groups in total. The molecule has 102 valence electrons. The van der Waals surface area contributed by atoms with Crippen molar-refractivity contribution in [3.63, 3.8) is 0 Å². The standard InChI is InChI=1S/C10H14F3N3OS/c1-6-4-18-9(15-6)7(2)16-8(17)3-14-5-10(11,12)13/h4,7,14H,3,5H2,1-2H3,(H,16,17). The first-order valence-electron chi connectivity index (χ1n) is 5.27. The lowest BCUT2D eigenvalue weighted by molar-refractivity contribution is -0.128. The Bertz CT molecular complexity index is 405. The molecule has 0 aliphatic heterocycles. The highest BCUT2D eigenvalue weighted by atomic mass is 32.1. The topological polar surface area (TPSA) is 54.0 Å². The Labute approximate surface area is 107 Å². The first-order valence-corrected chi connectivity index (χ1v) is 6.15. The number of carbonyl (C=O) groups excluding carboxylic acids is 1. The van der Waals surface area contributed by atoms with Crippen LogP contribution in [-0.2, 0) is 4.79 Å². The van der Waals surface area contributed by atoms with Crippen LogP contribution in [0.25, 0.3) is 0 Å². The molecule has 0 saturated heterocycles. The lowest BCUT2D eigenvalue weighted by Gasteiger charge is -2.12. The van der Waals surface area contributed by atoms with Crippen LogP contribution >= 0.6 is 11.3 Å². The maximum atomic E-state index is 11.8. The minimum Gasteiger partial charge on any atom is -0.346 e. The number of thiazole rings is 1. The van der Waals surface area contributed by atoms with Crippen molar-refractivity contribution in [3.05, 3.63) is 16.1 Å². The first-order chi connectivity index (χ1) is 8.28. The van der Waals surface area contributed by atoms with Gasteiger partial charge in [0.05, 0.1) is 19.1 Å². The third-order valence-corrected chi connectivity index (χ3v) is 3.14. The molecule has 0 aliphatic carbocycles. The van der Waals surface area contributed by atoms with E-state index < -0.39 is 18.6 Å². The summed E-state index contributed by atoms with van der Waals surface area (Å²) in [5.74, 6) is -0.486. The van der Waals surface area contributed by atoms with Crippen molar-refractivity contribution in [2.75, 3.05) is 13.1 Å². The fraction of sp³-hybridized carbons (Fsp3) is 0.600. The lowest BCUT2D eigenvalue weighted by atomic mass is 10.3. The van der Waals surface area contributed by atoms with Crippen molar-refractivity contribution in [2.24, 2.45) is 0 Å². The molecular weight excluding hydrogens is 267 g/mol. The Hall–Kier alpha value is -1.15. The van der Waals surface area contributed by atoms with Crippen LogP contribution < -0.4 is 10.6 Å². The van der Waals surface area contributed by atoms with Crippen molar-refractivity contribution in [1.82, 2.24) is 15.6 Å². The zero-order valence-corrected chi connectivity index (χ0v) is 10.8. The Morgan fingerprint density at radius 2 is 2.22 bits per heavy atom. The van der Waals surface area contributed by atoms with E-state index in [9.17, 15) is 18.0 Å². The van der Waals surface area contributed by atoms with E-state index in [1.807, 2.05) is 17.6 Å². The molecule has 0 radical (unpaired) electrons. The van der Waals surface area contributed by atoms with Gasteiger partial charge < -0.3 is 10.6 Å². The maximum Gasteiger partial charge on any atom is 0.401 e. The van der Waals surface area contributed by atoms with Gasteiger partial charge >= 0.3 is 6.18 Å². The van der Waals surface area contributed by atoms with Gasteiger partial charge in [0.2, 0.25) is 5.91 Å². The number of halogens is 3. The van der Waals surface area contributed by atoms with E-state index in [0.29, 0.717) is 0 Å². The third kappa shape index (κ3) is 5.46. The number of amides is 1. The predicted molar refractivity (Wildman–Crippen MR) is 62.3 cm³/mol. The molecule has 1 aromatic rings. The molecule has 18 heavy (non-hydrogen) atoms. The molecular formula is C10H14F3N3OS. The van der Waals surface area contributed by atoms with Crippen molar-refractivity contribution in [1.29, 1.82) is 0 Å². The Morgan fingerprint density at radius 1 is 1.56 bits per heavy atom. The summed E-state index contributed by atoms with van der Waals surface area (Å²) in [6, 6.07) is -0.302. The SMILES string of the molecule is Cc1csc(C(C)NC(=O)CNCC(F)(F)F)n1. The molecule has 0 fully saturated rings. The number of hydrogen-bond acceptors (Lipinski definition) is 4. The average molecular weight is 281 g/mol. The van der Waals surface area contributed by atoms with Crippen molar-refractivity contribution in [2.45, 2.75) is 26.1 Å². The molecule has 0 saturated carbocycles. The molecule has 0 aromatic carbocycles. The van der Waals surface area contributed by atoms with Gasteiger partial charge in [0, 0.05) is 11.1 Å². The monoisotopic (exact) mass is 281 g/mol. The van der Waals surface area contributed by atoms with Crippen LogP contribution in [0.5, 0.6) is 0 Å². The zero-order chi connectivity index (χ0) is 13.8. The lowest BCUT2D eigenvalue weighted by Crippen LogP contribution is -2.39. The first kappa shape index (κ1) is 14.9. The highest BCUT2D eigenvalue weighted by Gasteiger charge is 2.26. The smallest absolute Gasteiger partial charge is 0.346 e. The number of alkyl halides is 3. The predicted octanol–water partition coefficient (Wildman–Crippen LogP) is 1.78. The second-order valence-electron chi connectivity index (χ2n) is 3.84. The van der Waals surface area contributed by atoms with E-state index in [4.69, 9.17) is 0 Å². The summed E-state index contributed by atoms with van der Waals surface area (Å²) in [6.45, 7) is 2.03. The summed E-state index contributed by atoms with van der Waals surface area (Å²) in [5.41, 5.74) is 0.853. The third-order valence-electron chi connectivity index (χ3n) is 2.00. The Balaban J connectivity index is 2.32. The minimum absolute atomic E-state index is 0.302. The van der Waals surface area contributed by atoms with Crippen LogP contribution in [0.4, 0.5) is 13.2 Å². The van der Waals surface area contributed by atoms with Crippen molar-refractivity contribution in [3.8, 4) is 0 Å². The van der Waals surface area contributed by atoms with Crippen molar-refractivity contribution < 1.29 is 18.0 Å². The largest absolute Gasteiger partial charge is 0.401 e. The summed E-state index contributed by atoms with van der Waals surface area (Å²) >= 11 is 1.40. The second kappa shape index (κ2) is 6.14. The van der Waals surface area contributed by atoms with Gasteiger partial charge in [-0.1, -0.05) is 0 Å². The molecule has 1 atom stereocenters. The number of rotatable bonds is 5. The van der Waals surface area contributed by atoms with Gasteiger partial charge in [0.15, 0.2) is 0 Å². The van der Waals surface area contributed by atoms with Gasteiger partial charge in [0.1, 0.15) is 5.01 Å². The molecule has 1 rings (SSSR count). The van der Waals surface area contributed by atoms with E-state index in [-0.39, 0.29) is 12.6 Å². The zero-order valence-electron chi connectivity index (χ0n) is 9.97. The van der Waals surface area contributed by atoms with E-state index in [2.05, 4.69) is 10.3 Å². The molecule has 1 unspecified atom stereocenters. The molecule has 1 heterocycles. The van der Waals surface area contributed by atoms with E-state index >= 15 is 0 Å². The van der Waals surface area contributed by atoms with Gasteiger partial charge in [-0.15, -0.1) is 11.3 Å². The number of carbonyl (C=O) groups is 1. The van der Waals surface area contributed by atoms with Gasteiger partial charge in [-0.25, -0.2) is 4.98 Å². The summed E-state index contributed by atoms with van der Waals surface area (Å²) in [4.78, 5) is 15.5. The molecule has 0 spiro atoms. The van der Waals surface area contributed by atoms with Crippen molar-refractivity contribution >= 4 is 17.2 Å². The Morgan fingerprint density at radius 3 is 2.72 bits per heavy atom. The highest BCUT2D eigenvalue weighted by Crippen LogP contribution is 2.17. The van der Waals surface area contributed by atoms with E-state index in [1.54, 1.807) is 6.92 Å². The fourth-order valence-electron chi connectivity index (χ4n) is 1.24. The summed E-state index contributed by atoms with van der Waals surface area (Å²) in [7, 11) is 0. The van der Waals surface area contributed by atoms with Crippen LogP contribution in [0.3, 0.4) is 0 Å². The molecule has 8 heteroatoms. The minimum atomic E-state index is -4.31. The maximum absolute atomic E-state index is 11.8. The van der Waals surface area contributed by atoms with Gasteiger partial charge in [-0.3, -0.25) is 4.79 Å². The van der Waals surface area contributed by atoms with E-state index in [0.717, 1.165) is 10.7 Å².